The standard InChI is InChI=1S/C23H38O4/c1-5-7-8-16(4)23(27-21(24)14-26-22(25)15(3)6-2)19-10-17-9-18(12-19)13-20(23)11-17/h15-20H,5-14H2,1-4H3. The molecule has 0 saturated heterocycles. The van der Waals surface area contributed by atoms with Crippen LogP contribution in [0.25, 0.3) is 0 Å². The minimum Gasteiger partial charge on any atom is -0.456 e. The number of carbonyl (C=O) groups is 2. The molecule has 4 heteroatoms. The van der Waals surface area contributed by atoms with Crippen LogP contribution in [0.1, 0.15) is 85.5 Å². The number of unbranched alkanes of at least 4 members (excludes halogenated alkanes) is 1. The summed E-state index contributed by atoms with van der Waals surface area (Å²) in [6, 6.07) is 0. The average Bonchev–Trinajstić information content (AvgIpc) is 2.65. The van der Waals surface area contributed by atoms with Crippen LogP contribution in [0.15, 0.2) is 0 Å². The highest BCUT2D eigenvalue weighted by molar-refractivity contribution is 5.77. The number of rotatable bonds is 9. The summed E-state index contributed by atoms with van der Waals surface area (Å²) in [6.07, 6.45) is 10.4. The molecule has 0 heterocycles. The maximum atomic E-state index is 12.7. The van der Waals surface area contributed by atoms with E-state index in [0.717, 1.165) is 24.7 Å². The largest absolute Gasteiger partial charge is 0.456 e. The first-order valence-corrected chi connectivity index (χ1v) is 11.3. The maximum Gasteiger partial charge on any atom is 0.344 e. The highest BCUT2D eigenvalue weighted by Gasteiger charge is 2.61. The lowest BCUT2D eigenvalue weighted by molar-refractivity contribution is -0.230. The Bertz CT molecular complexity index is 512. The monoisotopic (exact) mass is 378 g/mol. The summed E-state index contributed by atoms with van der Waals surface area (Å²) in [5.74, 6) is 2.22. The fraction of sp³-hybridized carbons (Fsp3) is 0.913. The minimum atomic E-state index is -0.345. The Balaban J connectivity index is 1.71. The van der Waals surface area contributed by atoms with Gasteiger partial charge in [-0.2, -0.15) is 0 Å². The Hall–Kier alpha value is -1.06. The molecule has 4 saturated carbocycles. The van der Waals surface area contributed by atoms with Gasteiger partial charge in [0.2, 0.25) is 0 Å². The van der Waals surface area contributed by atoms with Gasteiger partial charge < -0.3 is 9.47 Å². The Morgan fingerprint density at radius 3 is 2.11 bits per heavy atom. The van der Waals surface area contributed by atoms with Gasteiger partial charge in [0.15, 0.2) is 6.61 Å². The molecule has 0 aliphatic heterocycles. The molecule has 0 spiro atoms. The Kier molecular flexibility index (Phi) is 6.53. The number of esters is 2. The van der Waals surface area contributed by atoms with Crippen LogP contribution >= 0.6 is 0 Å². The van der Waals surface area contributed by atoms with Crippen molar-refractivity contribution in [2.75, 3.05) is 6.61 Å². The summed E-state index contributed by atoms with van der Waals surface area (Å²) >= 11 is 0. The van der Waals surface area contributed by atoms with E-state index < -0.39 is 0 Å². The minimum absolute atomic E-state index is 0.170. The SMILES string of the molecule is CCCCC(C)C1(OC(=O)COC(=O)C(C)CC)C2CC3CC(C2)CC1C3. The molecule has 0 aromatic rings. The second kappa shape index (κ2) is 8.53. The first kappa shape index (κ1) is 20.7. The molecule has 0 N–H and O–H groups in total. The number of hydrogen-bond acceptors (Lipinski definition) is 4. The van der Waals surface area contributed by atoms with Crippen LogP contribution in [0.3, 0.4) is 0 Å². The van der Waals surface area contributed by atoms with Gasteiger partial charge in [-0.3, -0.25) is 4.79 Å². The van der Waals surface area contributed by atoms with Gasteiger partial charge >= 0.3 is 11.9 Å². The molecule has 27 heavy (non-hydrogen) atoms. The van der Waals surface area contributed by atoms with Gasteiger partial charge in [-0.05, 0) is 74.5 Å². The smallest absolute Gasteiger partial charge is 0.344 e. The van der Waals surface area contributed by atoms with Crippen molar-refractivity contribution in [2.45, 2.75) is 91.1 Å². The molecule has 4 fully saturated rings. The van der Waals surface area contributed by atoms with Gasteiger partial charge in [-0.1, -0.05) is 40.5 Å². The maximum absolute atomic E-state index is 12.7. The Labute approximate surface area is 164 Å². The lowest BCUT2D eigenvalue weighted by atomic mass is 9.47. The van der Waals surface area contributed by atoms with E-state index in [1.807, 2.05) is 13.8 Å². The average molecular weight is 379 g/mol. The zero-order valence-corrected chi connectivity index (χ0v) is 17.7. The van der Waals surface area contributed by atoms with Gasteiger partial charge in [-0.25, -0.2) is 4.79 Å². The van der Waals surface area contributed by atoms with Gasteiger partial charge in [0.25, 0.3) is 0 Å². The summed E-state index contributed by atoms with van der Waals surface area (Å²) in [4.78, 5) is 24.7. The van der Waals surface area contributed by atoms with Crippen LogP contribution in [-0.4, -0.2) is 24.1 Å². The van der Waals surface area contributed by atoms with E-state index in [1.165, 1.54) is 44.9 Å². The third-order valence-corrected chi connectivity index (χ3v) is 7.81. The van der Waals surface area contributed by atoms with E-state index >= 15 is 0 Å². The van der Waals surface area contributed by atoms with Crippen molar-refractivity contribution in [2.24, 2.45) is 35.5 Å². The summed E-state index contributed by atoms with van der Waals surface area (Å²) < 4.78 is 11.6. The van der Waals surface area contributed by atoms with E-state index in [-0.39, 0.29) is 30.1 Å². The summed E-state index contributed by atoms with van der Waals surface area (Å²) in [5, 5.41) is 0. The predicted octanol–water partition coefficient (Wildman–Crippen LogP) is 5.14. The fourth-order valence-corrected chi connectivity index (χ4v) is 6.39. The van der Waals surface area contributed by atoms with Gasteiger partial charge in [0, 0.05) is 0 Å². The van der Waals surface area contributed by atoms with Crippen LogP contribution in [0.4, 0.5) is 0 Å². The van der Waals surface area contributed by atoms with Crippen molar-refractivity contribution in [1.29, 1.82) is 0 Å². The molecule has 4 aliphatic rings. The number of carbonyl (C=O) groups excluding carboxylic acids is 2. The second-order valence-corrected chi connectivity index (χ2v) is 9.59. The second-order valence-electron chi connectivity index (χ2n) is 9.59. The van der Waals surface area contributed by atoms with Gasteiger partial charge in [-0.15, -0.1) is 0 Å². The fourth-order valence-electron chi connectivity index (χ4n) is 6.39. The van der Waals surface area contributed by atoms with Crippen molar-refractivity contribution < 1.29 is 19.1 Å². The third kappa shape index (κ3) is 4.05. The van der Waals surface area contributed by atoms with E-state index in [9.17, 15) is 9.59 Å². The van der Waals surface area contributed by atoms with E-state index in [4.69, 9.17) is 9.47 Å². The molecule has 4 rings (SSSR count). The first-order valence-electron chi connectivity index (χ1n) is 11.3. The highest BCUT2D eigenvalue weighted by Crippen LogP contribution is 2.62. The molecule has 154 valence electrons. The van der Waals surface area contributed by atoms with Crippen LogP contribution < -0.4 is 0 Å². The van der Waals surface area contributed by atoms with E-state index in [2.05, 4.69) is 13.8 Å². The van der Waals surface area contributed by atoms with Crippen LogP contribution in [0.2, 0.25) is 0 Å². The lowest BCUT2D eigenvalue weighted by Gasteiger charge is -2.62. The molecule has 0 aromatic heterocycles. The number of ether oxygens (including phenoxy) is 2. The van der Waals surface area contributed by atoms with Gasteiger partial charge in [0.1, 0.15) is 5.60 Å². The van der Waals surface area contributed by atoms with Crippen molar-refractivity contribution in [3.63, 3.8) is 0 Å². The van der Waals surface area contributed by atoms with Crippen LogP contribution in [-0.2, 0) is 19.1 Å². The predicted molar refractivity (Wildman–Crippen MR) is 105 cm³/mol. The molecule has 0 aromatic carbocycles. The zero-order chi connectivity index (χ0) is 19.6. The molecule has 2 unspecified atom stereocenters. The normalized spacial score (nSPS) is 36.3. The van der Waals surface area contributed by atoms with Crippen molar-refractivity contribution in [3.05, 3.63) is 0 Å². The molecular formula is C23H38O4. The van der Waals surface area contributed by atoms with Crippen molar-refractivity contribution >= 4 is 11.9 Å². The first-order chi connectivity index (χ1) is 12.9. The summed E-state index contributed by atoms with van der Waals surface area (Å²) in [6.45, 7) is 8.05. The lowest BCUT2D eigenvalue weighted by Crippen LogP contribution is -2.63. The van der Waals surface area contributed by atoms with Crippen molar-refractivity contribution in [3.8, 4) is 0 Å². The van der Waals surface area contributed by atoms with Crippen LogP contribution in [0, 0.1) is 35.5 Å². The molecule has 2 atom stereocenters. The van der Waals surface area contributed by atoms with Crippen molar-refractivity contribution in [1.82, 2.24) is 0 Å². The molecule has 4 bridgehead atoms. The molecule has 4 aliphatic carbocycles. The quantitative estimate of drug-likeness (QED) is 0.521. The summed E-state index contributed by atoms with van der Waals surface area (Å²) in [7, 11) is 0. The molecule has 4 nitrogen and oxygen atoms in total. The third-order valence-electron chi connectivity index (χ3n) is 7.81. The molecule has 0 radical (unpaired) electrons. The molecule has 0 amide bonds. The Morgan fingerprint density at radius 2 is 1.59 bits per heavy atom. The zero-order valence-electron chi connectivity index (χ0n) is 17.7. The van der Waals surface area contributed by atoms with Crippen LogP contribution in [0.5, 0.6) is 0 Å². The van der Waals surface area contributed by atoms with E-state index in [0.29, 0.717) is 17.8 Å². The Morgan fingerprint density at radius 1 is 1.00 bits per heavy atom. The van der Waals surface area contributed by atoms with E-state index in [1.54, 1.807) is 0 Å². The van der Waals surface area contributed by atoms with Gasteiger partial charge in [0.05, 0.1) is 5.92 Å². The number of hydrogen-bond donors (Lipinski definition) is 0. The topological polar surface area (TPSA) is 52.6 Å². The summed E-state index contributed by atoms with van der Waals surface area (Å²) in [5.41, 5.74) is -0.331. The molecular weight excluding hydrogens is 340 g/mol. The highest BCUT2D eigenvalue weighted by atomic mass is 16.6.